The van der Waals surface area contributed by atoms with Crippen molar-refractivity contribution in [1.82, 2.24) is 0 Å². The maximum atomic E-state index is 2.45. The lowest BCUT2D eigenvalue weighted by Gasteiger charge is -2.39. The van der Waals surface area contributed by atoms with Gasteiger partial charge in [0.1, 0.15) is 0 Å². The second-order valence-corrected chi connectivity index (χ2v) is 15.9. The Balaban J connectivity index is 1.12. The Morgan fingerprint density at radius 2 is 1.00 bits per heavy atom. The van der Waals surface area contributed by atoms with Crippen molar-refractivity contribution in [3.8, 4) is 22.3 Å². The van der Waals surface area contributed by atoms with E-state index >= 15 is 0 Å². The summed E-state index contributed by atoms with van der Waals surface area (Å²) in [6, 6.07) is 69.8. The molecule has 1 fully saturated rings. The van der Waals surface area contributed by atoms with Gasteiger partial charge in [-0.3, -0.25) is 0 Å². The van der Waals surface area contributed by atoms with E-state index in [1.165, 1.54) is 96.4 Å². The van der Waals surface area contributed by atoms with Crippen molar-refractivity contribution in [1.29, 1.82) is 0 Å². The lowest BCUT2D eigenvalue weighted by molar-refractivity contribution is 0.346. The van der Waals surface area contributed by atoms with Crippen LogP contribution in [0.3, 0.4) is 0 Å². The quantitative estimate of drug-likeness (QED) is 0.159. The summed E-state index contributed by atoms with van der Waals surface area (Å²) >= 11 is 1.88. The van der Waals surface area contributed by atoms with E-state index < -0.39 is 0 Å². The van der Waals surface area contributed by atoms with Gasteiger partial charge in [-0.05, 0) is 106 Å². The molecule has 0 atom stereocenters. The van der Waals surface area contributed by atoms with Crippen molar-refractivity contribution in [3.63, 3.8) is 0 Å². The fourth-order valence-electron chi connectivity index (χ4n) is 9.11. The van der Waals surface area contributed by atoms with Crippen molar-refractivity contribution in [2.75, 3.05) is 4.90 Å². The standard InChI is InChI=1S/C52H41NS/c1-4-14-38(15-5-1)47-22-13-23-50-51(47)48-36-44(32-33-49(48)54-50)53(42-28-24-39(25-29-42)46-21-12-17-37-16-8-9-20-45(37)46)43-30-26-41(27-31-43)52(34-10-3-11-35-52)40-18-6-2-7-19-40/h1-2,4-9,12-33,36H,3,10-11,34-35H2. The average molecular weight is 712 g/mol. The maximum Gasteiger partial charge on any atom is 0.0468 e. The molecule has 0 radical (unpaired) electrons. The Labute approximate surface area is 321 Å². The molecular formula is C52H41NS. The fraction of sp³-hybridized carbons (Fsp3) is 0.115. The van der Waals surface area contributed by atoms with E-state index in [4.69, 9.17) is 0 Å². The summed E-state index contributed by atoms with van der Waals surface area (Å²) in [5, 5.41) is 5.16. The predicted molar refractivity (Wildman–Crippen MR) is 233 cm³/mol. The summed E-state index contributed by atoms with van der Waals surface area (Å²) in [4.78, 5) is 2.45. The molecule has 1 aromatic heterocycles. The molecule has 9 aromatic rings. The van der Waals surface area contributed by atoms with Gasteiger partial charge in [0.2, 0.25) is 0 Å². The van der Waals surface area contributed by atoms with Crippen LogP contribution in [0.1, 0.15) is 43.2 Å². The summed E-state index contributed by atoms with van der Waals surface area (Å²) < 4.78 is 2.62. The van der Waals surface area contributed by atoms with Crippen LogP contribution in [0.4, 0.5) is 17.1 Å². The Hall–Kier alpha value is -5.96. The van der Waals surface area contributed by atoms with Gasteiger partial charge in [-0.15, -0.1) is 11.3 Å². The van der Waals surface area contributed by atoms with Gasteiger partial charge >= 0.3 is 0 Å². The first-order valence-electron chi connectivity index (χ1n) is 19.3. The Morgan fingerprint density at radius 3 is 1.78 bits per heavy atom. The zero-order valence-corrected chi connectivity index (χ0v) is 31.1. The minimum atomic E-state index is 0.0608. The van der Waals surface area contributed by atoms with Crippen LogP contribution in [0, 0.1) is 0 Å². The molecule has 8 aromatic carbocycles. The third-order valence-corrected chi connectivity index (χ3v) is 12.9. The van der Waals surface area contributed by atoms with Crippen molar-refractivity contribution < 1.29 is 0 Å². The Bertz CT molecular complexity index is 2720. The molecule has 0 bridgehead atoms. The van der Waals surface area contributed by atoms with Crippen LogP contribution in [0.2, 0.25) is 0 Å². The highest BCUT2D eigenvalue weighted by Crippen LogP contribution is 2.47. The molecule has 0 spiro atoms. The lowest BCUT2D eigenvalue weighted by atomic mass is 9.65. The Kier molecular flexibility index (Phi) is 8.34. The molecule has 10 rings (SSSR count). The summed E-state index contributed by atoms with van der Waals surface area (Å²) in [6.07, 6.45) is 6.25. The first-order valence-corrected chi connectivity index (χ1v) is 20.1. The van der Waals surface area contributed by atoms with Crippen LogP contribution in [0.25, 0.3) is 53.2 Å². The lowest BCUT2D eigenvalue weighted by Crippen LogP contribution is -2.30. The average Bonchev–Trinajstić information content (AvgIpc) is 3.63. The highest BCUT2D eigenvalue weighted by molar-refractivity contribution is 7.26. The van der Waals surface area contributed by atoms with Crippen LogP contribution in [-0.4, -0.2) is 0 Å². The van der Waals surface area contributed by atoms with Gasteiger partial charge in [0.05, 0.1) is 0 Å². The van der Waals surface area contributed by atoms with Gasteiger partial charge in [-0.25, -0.2) is 0 Å². The summed E-state index contributed by atoms with van der Waals surface area (Å²) in [7, 11) is 0. The topological polar surface area (TPSA) is 3.24 Å². The first-order chi connectivity index (χ1) is 26.7. The number of anilines is 3. The van der Waals surface area contributed by atoms with Crippen LogP contribution >= 0.6 is 11.3 Å². The maximum absolute atomic E-state index is 2.45. The van der Waals surface area contributed by atoms with Gasteiger partial charge in [-0.2, -0.15) is 0 Å². The van der Waals surface area contributed by atoms with E-state index in [9.17, 15) is 0 Å². The minimum absolute atomic E-state index is 0.0608. The number of hydrogen-bond donors (Lipinski definition) is 0. The molecule has 2 heteroatoms. The summed E-state index contributed by atoms with van der Waals surface area (Å²) in [5.41, 5.74) is 11.4. The number of benzene rings is 8. The molecule has 54 heavy (non-hydrogen) atoms. The van der Waals surface area contributed by atoms with E-state index in [1.807, 2.05) is 11.3 Å². The van der Waals surface area contributed by atoms with Gasteiger partial charge < -0.3 is 4.90 Å². The van der Waals surface area contributed by atoms with E-state index in [2.05, 4.69) is 193 Å². The second-order valence-electron chi connectivity index (χ2n) is 14.8. The van der Waals surface area contributed by atoms with Crippen LogP contribution in [0.5, 0.6) is 0 Å². The van der Waals surface area contributed by atoms with E-state index in [0.717, 1.165) is 17.1 Å². The zero-order chi connectivity index (χ0) is 35.9. The van der Waals surface area contributed by atoms with Crippen molar-refractivity contribution in [2.24, 2.45) is 0 Å². The number of thiophene rings is 1. The van der Waals surface area contributed by atoms with Crippen LogP contribution in [0.15, 0.2) is 188 Å². The van der Waals surface area contributed by atoms with E-state index in [1.54, 1.807) is 0 Å². The zero-order valence-electron chi connectivity index (χ0n) is 30.3. The fourth-order valence-corrected chi connectivity index (χ4v) is 10.2. The smallest absolute Gasteiger partial charge is 0.0468 e. The van der Waals surface area contributed by atoms with Crippen molar-refractivity contribution in [3.05, 3.63) is 199 Å². The molecule has 0 amide bonds. The van der Waals surface area contributed by atoms with E-state index in [-0.39, 0.29) is 5.41 Å². The minimum Gasteiger partial charge on any atom is -0.310 e. The second kappa shape index (κ2) is 13.8. The van der Waals surface area contributed by atoms with Crippen molar-refractivity contribution in [2.45, 2.75) is 37.5 Å². The number of hydrogen-bond acceptors (Lipinski definition) is 2. The van der Waals surface area contributed by atoms with Crippen LogP contribution in [-0.2, 0) is 5.41 Å². The first kappa shape index (κ1) is 32.7. The molecule has 0 N–H and O–H groups in total. The molecule has 1 saturated carbocycles. The summed E-state index contributed by atoms with van der Waals surface area (Å²) in [6.45, 7) is 0. The van der Waals surface area contributed by atoms with Gasteiger partial charge in [0.15, 0.2) is 0 Å². The molecule has 1 aliphatic carbocycles. The Morgan fingerprint density at radius 1 is 0.407 bits per heavy atom. The van der Waals surface area contributed by atoms with Crippen LogP contribution < -0.4 is 4.90 Å². The third-order valence-electron chi connectivity index (χ3n) is 11.8. The SMILES string of the molecule is c1ccc(-c2cccc3sc4ccc(N(c5ccc(-c6cccc7ccccc67)cc5)c5ccc(C6(c7ccccc7)CCCCC6)cc5)cc4c23)cc1. The van der Waals surface area contributed by atoms with E-state index in [0.29, 0.717) is 0 Å². The monoisotopic (exact) mass is 711 g/mol. The summed E-state index contributed by atoms with van der Waals surface area (Å²) in [5.74, 6) is 0. The molecule has 1 nitrogen and oxygen atoms in total. The van der Waals surface area contributed by atoms with Crippen molar-refractivity contribution >= 4 is 59.3 Å². The molecule has 0 saturated heterocycles. The van der Waals surface area contributed by atoms with Gasteiger partial charge in [-0.1, -0.05) is 159 Å². The molecule has 1 heterocycles. The normalized spacial score (nSPS) is 14.1. The predicted octanol–water partition coefficient (Wildman–Crippen LogP) is 15.3. The highest BCUT2D eigenvalue weighted by atomic mass is 32.1. The number of fused-ring (bicyclic) bond motifs is 4. The van der Waals surface area contributed by atoms with Gasteiger partial charge in [0, 0.05) is 42.6 Å². The number of nitrogens with zero attached hydrogens (tertiary/aromatic N) is 1. The molecule has 1 aliphatic rings. The number of rotatable bonds is 7. The molecular weight excluding hydrogens is 671 g/mol. The van der Waals surface area contributed by atoms with Gasteiger partial charge in [0.25, 0.3) is 0 Å². The largest absolute Gasteiger partial charge is 0.310 e. The third kappa shape index (κ3) is 5.70. The molecule has 0 aliphatic heterocycles. The molecule has 0 unspecified atom stereocenters. The highest BCUT2D eigenvalue weighted by Gasteiger charge is 2.35. The molecule has 260 valence electrons.